The van der Waals surface area contributed by atoms with Gasteiger partial charge in [0.1, 0.15) is 5.52 Å². The van der Waals surface area contributed by atoms with Gasteiger partial charge in [-0.3, -0.25) is 9.59 Å². The van der Waals surface area contributed by atoms with Gasteiger partial charge in [-0.2, -0.15) is 9.97 Å². The fourth-order valence-electron chi connectivity index (χ4n) is 4.25. The number of hydrogen-bond acceptors (Lipinski definition) is 7. The number of carbonyl (C=O) groups is 2. The Hall–Kier alpha value is -2.42. The van der Waals surface area contributed by atoms with Gasteiger partial charge in [0.2, 0.25) is 11.2 Å². The number of H-pyrrole nitrogens is 1. The number of likely N-dealkylation sites (tertiary alicyclic amines) is 1. The number of aromatic amines is 1. The summed E-state index contributed by atoms with van der Waals surface area (Å²) in [5.74, 6) is 0.495. The zero-order valence-electron chi connectivity index (χ0n) is 16.4. The van der Waals surface area contributed by atoms with Crippen LogP contribution in [0.3, 0.4) is 0 Å². The summed E-state index contributed by atoms with van der Waals surface area (Å²) in [6.45, 7) is 4.79. The highest BCUT2D eigenvalue weighted by molar-refractivity contribution is 6.28. The van der Waals surface area contributed by atoms with Gasteiger partial charge in [-0.05, 0) is 44.2 Å². The molecule has 0 spiro atoms. The molecule has 9 nitrogen and oxygen atoms in total. The molecule has 2 aromatic heterocycles. The van der Waals surface area contributed by atoms with E-state index in [2.05, 4.69) is 24.8 Å². The summed E-state index contributed by atoms with van der Waals surface area (Å²) in [5.41, 5.74) is 1.26. The van der Waals surface area contributed by atoms with Gasteiger partial charge in [-0.1, -0.05) is 0 Å². The molecule has 0 aliphatic carbocycles. The van der Waals surface area contributed by atoms with E-state index in [4.69, 9.17) is 16.3 Å². The maximum atomic E-state index is 13.1. The molecule has 4 heterocycles. The SMILES string of the molecule is CCOC(=O)C1CCN(C(=O)[C@H]2CCCN(c3nc(Cl)nc4nc[nH]c34)C2)CC1. The third-order valence-corrected chi connectivity index (χ3v) is 5.91. The molecule has 10 heteroatoms. The summed E-state index contributed by atoms with van der Waals surface area (Å²) in [4.78, 5) is 44.8. The normalized spacial score (nSPS) is 20.8. The Morgan fingerprint density at radius 3 is 2.76 bits per heavy atom. The molecule has 2 saturated heterocycles. The van der Waals surface area contributed by atoms with Crippen LogP contribution in [0.2, 0.25) is 5.28 Å². The highest BCUT2D eigenvalue weighted by atomic mass is 35.5. The number of anilines is 1. The minimum absolute atomic E-state index is 0.0984. The van der Waals surface area contributed by atoms with E-state index in [1.807, 2.05) is 11.8 Å². The van der Waals surface area contributed by atoms with Crippen LogP contribution in [0.25, 0.3) is 11.2 Å². The lowest BCUT2D eigenvalue weighted by molar-refractivity contribution is -0.151. The van der Waals surface area contributed by atoms with Crippen molar-refractivity contribution in [2.45, 2.75) is 32.6 Å². The van der Waals surface area contributed by atoms with Crippen LogP contribution in [0.4, 0.5) is 5.82 Å². The number of nitrogens with one attached hydrogen (secondary N) is 1. The van der Waals surface area contributed by atoms with E-state index < -0.39 is 0 Å². The topological polar surface area (TPSA) is 104 Å². The number of fused-ring (bicyclic) bond motifs is 1. The van der Waals surface area contributed by atoms with Gasteiger partial charge in [0.05, 0.1) is 24.8 Å². The summed E-state index contributed by atoms with van der Waals surface area (Å²) < 4.78 is 5.11. The van der Waals surface area contributed by atoms with Crippen molar-refractivity contribution in [1.29, 1.82) is 0 Å². The van der Waals surface area contributed by atoms with E-state index in [1.165, 1.54) is 0 Å². The van der Waals surface area contributed by atoms with Crippen LogP contribution in [0.5, 0.6) is 0 Å². The Balaban J connectivity index is 1.42. The average Bonchev–Trinajstić information content (AvgIpc) is 3.21. The molecule has 0 radical (unpaired) electrons. The lowest BCUT2D eigenvalue weighted by atomic mass is 9.93. The van der Waals surface area contributed by atoms with Gasteiger partial charge >= 0.3 is 5.97 Å². The minimum atomic E-state index is -0.146. The van der Waals surface area contributed by atoms with Crippen molar-refractivity contribution in [3.63, 3.8) is 0 Å². The van der Waals surface area contributed by atoms with E-state index in [0.29, 0.717) is 50.5 Å². The summed E-state index contributed by atoms with van der Waals surface area (Å²) in [7, 11) is 0. The Bertz CT molecular complexity index is 895. The minimum Gasteiger partial charge on any atom is -0.466 e. The Morgan fingerprint density at radius 1 is 1.21 bits per heavy atom. The van der Waals surface area contributed by atoms with Gasteiger partial charge in [-0.25, -0.2) is 4.98 Å². The fourth-order valence-corrected chi connectivity index (χ4v) is 4.41. The van der Waals surface area contributed by atoms with Crippen LogP contribution in [0, 0.1) is 11.8 Å². The van der Waals surface area contributed by atoms with Crippen LogP contribution >= 0.6 is 11.6 Å². The number of rotatable bonds is 4. The molecule has 0 bridgehead atoms. The summed E-state index contributed by atoms with van der Waals surface area (Å²) >= 11 is 6.07. The number of piperidine rings is 2. The highest BCUT2D eigenvalue weighted by Crippen LogP contribution is 2.29. The first-order valence-electron chi connectivity index (χ1n) is 10.1. The fraction of sp³-hybridized carbons (Fsp3) is 0.632. The number of halogens is 1. The van der Waals surface area contributed by atoms with Gasteiger partial charge in [0.15, 0.2) is 11.5 Å². The van der Waals surface area contributed by atoms with Gasteiger partial charge in [-0.15, -0.1) is 0 Å². The third kappa shape index (κ3) is 4.14. The number of esters is 1. The molecule has 156 valence electrons. The monoisotopic (exact) mass is 420 g/mol. The largest absolute Gasteiger partial charge is 0.466 e. The highest BCUT2D eigenvalue weighted by Gasteiger charge is 2.34. The van der Waals surface area contributed by atoms with Crippen LogP contribution in [0.15, 0.2) is 6.33 Å². The van der Waals surface area contributed by atoms with Crippen molar-refractivity contribution < 1.29 is 14.3 Å². The molecule has 2 aromatic rings. The Morgan fingerprint density at radius 2 is 2.00 bits per heavy atom. The summed E-state index contributed by atoms with van der Waals surface area (Å²) in [5, 5.41) is 0.147. The molecule has 0 unspecified atom stereocenters. The molecule has 29 heavy (non-hydrogen) atoms. The molecule has 1 amide bonds. The molecule has 1 atom stereocenters. The van der Waals surface area contributed by atoms with Crippen molar-refractivity contribution in [2.75, 3.05) is 37.7 Å². The maximum absolute atomic E-state index is 13.1. The molecular weight excluding hydrogens is 396 g/mol. The predicted octanol–water partition coefficient (Wildman–Crippen LogP) is 2.02. The van der Waals surface area contributed by atoms with Crippen molar-refractivity contribution in [3.05, 3.63) is 11.6 Å². The number of hydrogen-bond donors (Lipinski definition) is 1. The Kier molecular flexibility index (Phi) is 5.84. The third-order valence-electron chi connectivity index (χ3n) is 5.74. The molecule has 2 aliphatic heterocycles. The van der Waals surface area contributed by atoms with Crippen LogP contribution in [-0.2, 0) is 14.3 Å². The van der Waals surface area contributed by atoms with E-state index in [0.717, 1.165) is 24.9 Å². The number of amides is 1. The van der Waals surface area contributed by atoms with Gasteiger partial charge < -0.3 is 19.5 Å². The molecule has 2 fully saturated rings. The number of imidazole rings is 1. The first-order chi connectivity index (χ1) is 14.1. The zero-order chi connectivity index (χ0) is 20.4. The maximum Gasteiger partial charge on any atom is 0.309 e. The Labute approximate surface area is 173 Å². The number of ether oxygens (including phenoxy) is 1. The standard InChI is InChI=1S/C19H25ClN6O3/c1-2-29-18(28)12-5-8-25(9-6-12)17(27)13-4-3-7-26(10-13)16-14-15(22-11-21-14)23-19(20)24-16/h11-13H,2-10H2,1H3,(H,21,22,23,24)/t13-/m0/s1. The number of nitrogens with zero attached hydrogens (tertiary/aromatic N) is 5. The van der Waals surface area contributed by atoms with Crippen molar-refractivity contribution in [3.8, 4) is 0 Å². The lowest BCUT2D eigenvalue weighted by Crippen LogP contribution is -2.48. The number of aromatic nitrogens is 4. The van der Waals surface area contributed by atoms with Gasteiger partial charge in [0.25, 0.3) is 0 Å². The van der Waals surface area contributed by atoms with Crippen molar-refractivity contribution in [2.24, 2.45) is 11.8 Å². The average molecular weight is 421 g/mol. The summed E-state index contributed by atoms with van der Waals surface area (Å²) in [6, 6.07) is 0. The van der Waals surface area contributed by atoms with E-state index >= 15 is 0 Å². The quantitative estimate of drug-likeness (QED) is 0.596. The van der Waals surface area contributed by atoms with Crippen molar-refractivity contribution in [1.82, 2.24) is 24.8 Å². The van der Waals surface area contributed by atoms with E-state index in [1.54, 1.807) is 6.33 Å². The van der Waals surface area contributed by atoms with Gasteiger partial charge in [0, 0.05) is 26.2 Å². The van der Waals surface area contributed by atoms with Crippen LogP contribution in [0.1, 0.15) is 32.6 Å². The second kappa shape index (κ2) is 8.52. The smallest absolute Gasteiger partial charge is 0.309 e. The van der Waals surface area contributed by atoms with E-state index in [9.17, 15) is 9.59 Å². The first-order valence-corrected chi connectivity index (χ1v) is 10.5. The second-order valence-corrected chi connectivity index (χ2v) is 7.89. The van der Waals surface area contributed by atoms with Crippen LogP contribution in [-0.4, -0.2) is 69.5 Å². The lowest BCUT2D eigenvalue weighted by Gasteiger charge is -2.37. The van der Waals surface area contributed by atoms with E-state index in [-0.39, 0.29) is 29.0 Å². The van der Waals surface area contributed by atoms with Crippen molar-refractivity contribution >= 4 is 40.5 Å². The molecule has 0 aromatic carbocycles. The summed E-state index contributed by atoms with van der Waals surface area (Å²) in [6.07, 6.45) is 4.64. The zero-order valence-corrected chi connectivity index (χ0v) is 17.2. The van der Waals surface area contributed by atoms with Crippen LogP contribution < -0.4 is 4.90 Å². The number of carbonyl (C=O) groups excluding carboxylic acids is 2. The predicted molar refractivity (Wildman–Crippen MR) is 108 cm³/mol. The molecular formula is C19H25ClN6O3. The molecule has 0 saturated carbocycles. The molecule has 1 N–H and O–H groups in total. The first kappa shape index (κ1) is 19.9. The molecule has 4 rings (SSSR count). The molecule has 2 aliphatic rings. The second-order valence-electron chi connectivity index (χ2n) is 7.55.